The third kappa shape index (κ3) is 3.64. The van der Waals surface area contributed by atoms with Gasteiger partial charge in [-0.15, -0.1) is 0 Å². The second-order valence-corrected chi connectivity index (χ2v) is 5.23. The van der Waals surface area contributed by atoms with E-state index >= 15 is 0 Å². The summed E-state index contributed by atoms with van der Waals surface area (Å²) in [5.74, 6) is 0.0478. The molecule has 0 amide bonds. The SMILES string of the molecule is CCOC(=O)c1cnc(C(OC)C(C)(C)C)nc1N. The molecule has 19 heavy (non-hydrogen) atoms. The summed E-state index contributed by atoms with van der Waals surface area (Å²) in [4.78, 5) is 19.9. The molecule has 0 spiro atoms. The number of nitrogen functional groups attached to an aromatic ring is 1. The number of hydrogen-bond acceptors (Lipinski definition) is 6. The molecule has 0 radical (unpaired) electrons. The molecule has 1 atom stereocenters. The highest BCUT2D eigenvalue weighted by molar-refractivity contribution is 5.93. The minimum Gasteiger partial charge on any atom is -0.462 e. The second kappa shape index (κ2) is 5.97. The molecule has 6 nitrogen and oxygen atoms in total. The summed E-state index contributed by atoms with van der Waals surface area (Å²) < 4.78 is 10.3. The Kier molecular flexibility index (Phi) is 4.83. The van der Waals surface area contributed by atoms with Crippen molar-refractivity contribution in [2.75, 3.05) is 19.5 Å². The lowest BCUT2D eigenvalue weighted by atomic mass is 9.88. The maximum atomic E-state index is 11.6. The van der Waals surface area contributed by atoms with Crippen LogP contribution in [-0.2, 0) is 9.47 Å². The number of esters is 1. The van der Waals surface area contributed by atoms with Crippen LogP contribution in [0.1, 0.15) is 50.0 Å². The molecule has 0 saturated heterocycles. The average Bonchev–Trinajstić information content (AvgIpc) is 2.28. The molecule has 0 aliphatic heterocycles. The predicted octanol–water partition coefficient (Wildman–Crippen LogP) is 1.97. The molecule has 0 fully saturated rings. The van der Waals surface area contributed by atoms with E-state index in [2.05, 4.69) is 9.97 Å². The number of carbonyl (C=O) groups is 1. The Morgan fingerprint density at radius 2 is 2.11 bits per heavy atom. The molecule has 106 valence electrons. The minimum absolute atomic E-state index is 0.106. The molecule has 0 saturated carbocycles. The second-order valence-electron chi connectivity index (χ2n) is 5.23. The molecule has 1 aromatic rings. The normalized spacial score (nSPS) is 13.1. The molecular weight excluding hydrogens is 246 g/mol. The van der Waals surface area contributed by atoms with Gasteiger partial charge in [0.05, 0.1) is 6.61 Å². The van der Waals surface area contributed by atoms with Crippen LogP contribution >= 0.6 is 0 Å². The summed E-state index contributed by atoms with van der Waals surface area (Å²) in [5.41, 5.74) is 5.78. The van der Waals surface area contributed by atoms with Crippen molar-refractivity contribution >= 4 is 11.8 Å². The highest BCUT2D eigenvalue weighted by atomic mass is 16.5. The first-order valence-electron chi connectivity index (χ1n) is 6.13. The molecule has 1 aromatic heterocycles. The molecule has 6 heteroatoms. The fourth-order valence-electron chi connectivity index (χ4n) is 1.75. The number of methoxy groups -OCH3 is 1. The minimum atomic E-state index is -0.517. The highest BCUT2D eigenvalue weighted by Gasteiger charge is 2.29. The van der Waals surface area contributed by atoms with E-state index in [0.29, 0.717) is 5.82 Å². The van der Waals surface area contributed by atoms with Crippen molar-refractivity contribution in [2.45, 2.75) is 33.8 Å². The fraction of sp³-hybridized carbons (Fsp3) is 0.615. The zero-order chi connectivity index (χ0) is 14.6. The van der Waals surface area contributed by atoms with Gasteiger partial charge in [0, 0.05) is 13.3 Å². The average molecular weight is 267 g/mol. The number of carbonyl (C=O) groups excluding carboxylic acids is 1. The van der Waals surface area contributed by atoms with Crippen LogP contribution in [0.4, 0.5) is 5.82 Å². The highest BCUT2D eigenvalue weighted by Crippen LogP contribution is 2.33. The van der Waals surface area contributed by atoms with Gasteiger partial charge in [-0.3, -0.25) is 0 Å². The van der Waals surface area contributed by atoms with Crippen molar-refractivity contribution in [3.8, 4) is 0 Å². The van der Waals surface area contributed by atoms with Crippen LogP contribution in [0, 0.1) is 5.41 Å². The van der Waals surface area contributed by atoms with Crippen molar-refractivity contribution < 1.29 is 14.3 Å². The van der Waals surface area contributed by atoms with E-state index in [-0.39, 0.29) is 29.5 Å². The molecular formula is C13H21N3O3. The van der Waals surface area contributed by atoms with E-state index in [4.69, 9.17) is 15.2 Å². The van der Waals surface area contributed by atoms with Crippen molar-refractivity contribution in [3.05, 3.63) is 17.6 Å². The first-order chi connectivity index (χ1) is 8.81. The van der Waals surface area contributed by atoms with Crippen LogP contribution in [0.25, 0.3) is 0 Å². The topological polar surface area (TPSA) is 87.3 Å². The number of hydrogen-bond donors (Lipinski definition) is 1. The molecule has 2 N–H and O–H groups in total. The van der Waals surface area contributed by atoms with Gasteiger partial charge >= 0.3 is 5.97 Å². The van der Waals surface area contributed by atoms with Crippen molar-refractivity contribution in [1.82, 2.24) is 9.97 Å². The Labute approximate surface area is 113 Å². The van der Waals surface area contributed by atoms with Crippen molar-refractivity contribution in [3.63, 3.8) is 0 Å². The molecule has 0 bridgehead atoms. The Morgan fingerprint density at radius 1 is 1.47 bits per heavy atom. The monoisotopic (exact) mass is 267 g/mol. The van der Waals surface area contributed by atoms with Crippen LogP contribution < -0.4 is 5.73 Å². The summed E-state index contributed by atoms with van der Waals surface area (Å²) in [7, 11) is 1.59. The van der Waals surface area contributed by atoms with E-state index in [1.807, 2.05) is 20.8 Å². The predicted molar refractivity (Wildman–Crippen MR) is 71.6 cm³/mol. The van der Waals surface area contributed by atoms with Crippen LogP contribution in [0.5, 0.6) is 0 Å². The number of anilines is 1. The van der Waals surface area contributed by atoms with E-state index in [0.717, 1.165) is 0 Å². The molecule has 0 aromatic carbocycles. The lowest BCUT2D eigenvalue weighted by molar-refractivity contribution is 0.00869. The Bertz CT molecular complexity index is 455. The first-order valence-corrected chi connectivity index (χ1v) is 6.13. The molecule has 1 heterocycles. The first kappa shape index (κ1) is 15.4. The maximum Gasteiger partial charge on any atom is 0.343 e. The Morgan fingerprint density at radius 3 is 2.53 bits per heavy atom. The van der Waals surface area contributed by atoms with Crippen LogP contribution in [0.2, 0.25) is 0 Å². The lowest BCUT2D eigenvalue weighted by Gasteiger charge is -2.28. The van der Waals surface area contributed by atoms with Gasteiger partial charge < -0.3 is 15.2 Å². The number of aromatic nitrogens is 2. The zero-order valence-electron chi connectivity index (χ0n) is 12.1. The third-order valence-corrected chi connectivity index (χ3v) is 2.59. The van der Waals surface area contributed by atoms with Crippen molar-refractivity contribution in [1.29, 1.82) is 0 Å². The quantitative estimate of drug-likeness (QED) is 0.839. The zero-order valence-corrected chi connectivity index (χ0v) is 12.1. The third-order valence-electron chi connectivity index (χ3n) is 2.59. The number of nitrogens with two attached hydrogens (primary N) is 1. The van der Waals surface area contributed by atoms with E-state index < -0.39 is 5.97 Å². The number of nitrogens with zero attached hydrogens (tertiary/aromatic N) is 2. The van der Waals surface area contributed by atoms with E-state index in [9.17, 15) is 4.79 Å². The number of rotatable bonds is 4. The van der Waals surface area contributed by atoms with Gasteiger partial charge in [-0.2, -0.15) is 0 Å². The summed E-state index contributed by atoms with van der Waals surface area (Å²) in [6.45, 7) is 8.05. The van der Waals surface area contributed by atoms with Gasteiger partial charge in [0.15, 0.2) is 5.82 Å². The van der Waals surface area contributed by atoms with Gasteiger partial charge in [-0.05, 0) is 12.3 Å². The van der Waals surface area contributed by atoms with Crippen LogP contribution in [0.15, 0.2) is 6.20 Å². The molecule has 0 aliphatic carbocycles. The standard InChI is InChI=1S/C13H21N3O3/c1-6-19-12(17)8-7-15-11(16-10(8)14)9(18-5)13(2,3)4/h7,9H,6H2,1-5H3,(H2,14,15,16). The summed E-state index contributed by atoms with van der Waals surface area (Å²) in [6.07, 6.45) is 1.08. The van der Waals surface area contributed by atoms with Gasteiger partial charge in [0.1, 0.15) is 17.5 Å². The molecule has 1 rings (SSSR count). The van der Waals surface area contributed by atoms with Gasteiger partial charge in [0.2, 0.25) is 0 Å². The lowest BCUT2D eigenvalue weighted by Crippen LogP contribution is -2.23. The van der Waals surface area contributed by atoms with Crippen LogP contribution in [-0.4, -0.2) is 29.7 Å². The maximum absolute atomic E-state index is 11.6. The van der Waals surface area contributed by atoms with Gasteiger partial charge in [-0.25, -0.2) is 14.8 Å². The Hall–Kier alpha value is -1.69. The fourth-order valence-corrected chi connectivity index (χ4v) is 1.75. The molecule has 0 aliphatic rings. The van der Waals surface area contributed by atoms with Gasteiger partial charge in [0.25, 0.3) is 0 Å². The summed E-state index contributed by atoms with van der Waals surface area (Å²) in [6, 6.07) is 0. The van der Waals surface area contributed by atoms with Crippen molar-refractivity contribution in [2.24, 2.45) is 5.41 Å². The van der Waals surface area contributed by atoms with E-state index in [1.54, 1.807) is 14.0 Å². The largest absolute Gasteiger partial charge is 0.462 e. The summed E-state index contributed by atoms with van der Waals surface area (Å²) in [5, 5.41) is 0. The van der Waals surface area contributed by atoms with Gasteiger partial charge in [-0.1, -0.05) is 20.8 Å². The number of ether oxygens (including phenoxy) is 2. The Balaban J connectivity index is 3.08. The van der Waals surface area contributed by atoms with E-state index in [1.165, 1.54) is 6.20 Å². The van der Waals surface area contributed by atoms with Crippen LogP contribution in [0.3, 0.4) is 0 Å². The smallest absolute Gasteiger partial charge is 0.343 e. The molecule has 1 unspecified atom stereocenters. The summed E-state index contributed by atoms with van der Waals surface area (Å²) >= 11 is 0.